The molecule has 1 nitrogen and oxygen atoms in total. The predicted octanol–water partition coefficient (Wildman–Crippen LogP) is 5.34. The Kier molecular flexibility index (Phi) is 5.07. The van der Waals surface area contributed by atoms with Crippen LogP contribution in [0.5, 0.6) is 0 Å². The van der Waals surface area contributed by atoms with Gasteiger partial charge < -0.3 is 0 Å². The molecule has 0 N–H and O–H groups in total. The molecule has 0 aromatic heterocycles. The highest BCUT2D eigenvalue weighted by molar-refractivity contribution is 5.99. The molecule has 1 aromatic carbocycles. The average Bonchev–Trinajstić information content (AvgIpc) is 2.37. The van der Waals surface area contributed by atoms with Crippen molar-refractivity contribution < 1.29 is 31.1 Å². The number of rotatable bonds is 4. The van der Waals surface area contributed by atoms with E-state index in [-0.39, 0.29) is 6.07 Å². The lowest BCUT2D eigenvalue weighted by Gasteiger charge is -2.18. The van der Waals surface area contributed by atoms with Crippen LogP contribution in [0.3, 0.4) is 0 Å². The molecule has 0 bridgehead atoms. The van der Waals surface area contributed by atoms with Gasteiger partial charge in [0, 0.05) is 11.5 Å². The van der Waals surface area contributed by atoms with Crippen molar-refractivity contribution >= 4 is 5.78 Å². The van der Waals surface area contributed by atoms with Gasteiger partial charge in [-0.3, -0.25) is 4.79 Å². The molecule has 7 heteroatoms. The maximum absolute atomic E-state index is 12.9. The maximum atomic E-state index is 12.9. The summed E-state index contributed by atoms with van der Waals surface area (Å²) in [5.74, 6) is -1.41. The van der Waals surface area contributed by atoms with Crippen LogP contribution in [0.2, 0.25) is 0 Å². The smallest absolute Gasteiger partial charge is 0.294 e. The minimum absolute atomic E-state index is 0.00435. The first-order chi connectivity index (χ1) is 9.52. The molecular formula is C14H14F6O. The fourth-order valence-corrected chi connectivity index (χ4v) is 2.05. The molecule has 0 heterocycles. The van der Waals surface area contributed by atoms with Crippen LogP contribution in [0.25, 0.3) is 0 Å². The second kappa shape index (κ2) is 6.07. The Bertz CT molecular complexity index is 511. The Hall–Kier alpha value is -1.53. The highest BCUT2D eigenvalue weighted by atomic mass is 19.4. The van der Waals surface area contributed by atoms with Crippen molar-refractivity contribution in [2.24, 2.45) is 5.92 Å². The summed E-state index contributed by atoms with van der Waals surface area (Å²) in [7, 11) is 0. The third-order valence-corrected chi connectivity index (χ3v) is 3.27. The minimum Gasteiger partial charge on any atom is -0.294 e. The number of carbonyl (C=O) groups excluding carboxylic acids is 1. The number of halogens is 6. The monoisotopic (exact) mass is 312 g/mol. The van der Waals surface area contributed by atoms with Crippen LogP contribution in [0, 0.1) is 5.92 Å². The fourth-order valence-electron chi connectivity index (χ4n) is 2.05. The number of carbonyl (C=O) groups is 1. The van der Waals surface area contributed by atoms with Crippen molar-refractivity contribution in [2.45, 2.75) is 39.0 Å². The lowest BCUT2D eigenvalue weighted by atomic mass is 9.89. The molecule has 0 amide bonds. The highest BCUT2D eigenvalue weighted by Gasteiger charge is 2.39. The van der Waals surface area contributed by atoms with Crippen molar-refractivity contribution in [3.63, 3.8) is 0 Å². The van der Waals surface area contributed by atoms with Gasteiger partial charge in [-0.15, -0.1) is 0 Å². The molecule has 1 rings (SSSR count). The molecular weight excluding hydrogens is 298 g/mol. The lowest BCUT2D eigenvalue weighted by Crippen LogP contribution is -2.20. The molecule has 21 heavy (non-hydrogen) atoms. The van der Waals surface area contributed by atoms with Crippen molar-refractivity contribution in [1.82, 2.24) is 0 Å². The molecule has 0 aliphatic heterocycles. The lowest BCUT2D eigenvalue weighted by molar-refractivity contribution is -0.143. The quantitative estimate of drug-likeness (QED) is 0.541. The van der Waals surface area contributed by atoms with Crippen LogP contribution < -0.4 is 0 Å². The topological polar surface area (TPSA) is 17.1 Å². The van der Waals surface area contributed by atoms with Crippen LogP contribution in [-0.4, -0.2) is 5.78 Å². The Balaban J connectivity index is 3.43. The summed E-state index contributed by atoms with van der Waals surface area (Å²) < 4.78 is 76.4. The SMILES string of the molecule is CCC(CC)C(=O)c1ccc(C(F)(F)F)cc1C(F)(F)F. The van der Waals surface area contributed by atoms with Gasteiger partial charge in [0.25, 0.3) is 0 Å². The van der Waals surface area contributed by atoms with Crippen molar-refractivity contribution in [2.75, 3.05) is 0 Å². The molecule has 0 saturated carbocycles. The second-order valence-electron chi connectivity index (χ2n) is 4.63. The van der Waals surface area contributed by atoms with E-state index in [4.69, 9.17) is 0 Å². The summed E-state index contributed by atoms with van der Waals surface area (Å²) in [4.78, 5) is 12.1. The third-order valence-electron chi connectivity index (χ3n) is 3.27. The zero-order valence-corrected chi connectivity index (χ0v) is 11.4. The van der Waals surface area contributed by atoms with E-state index in [1.807, 2.05) is 0 Å². The largest absolute Gasteiger partial charge is 0.417 e. The van der Waals surface area contributed by atoms with E-state index < -0.39 is 40.7 Å². The molecule has 0 unspecified atom stereocenters. The number of ketones is 1. The Morgan fingerprint density at radius 2 is 1.52 bits per heavy atom. The van der Waals surface area contributed by atoms with Gasteiger partial charge in [0.05, 0.1) is 11.1 Å². The average molecular weight is 312 g/mol. The molecule has 0 fully saturated rings. The van der Waals surface area contributed by atoms with Gasteiger partial charge >= 0.3 is 12.4 Å². The van der Waals surface area contributed by atoms with Crippen molar-refractivity contribution in [3.8, 4) is 0 Å². The Morgan fingerprint density at radius 3 is 1.90 bits per heavy atom. The standard InChI is InChI=1S/C14H14F6O/c1-3-8(4-2)12(21)10-6-5-9(13(15,16)17)7-11(10)14(18,19)20/h5-8H,3-4H2,1-2H3. The van der Waals surface area contributed by atoms with Gasteiger partial charge in [-0.05, 0) is 25.0 Å². The summed E-state index contributed by atoms with van der Waals surface area (Å²) in [5.41, 5.74) is -3.66. The highest BCUT2D eigenvalue weighted by Crippen LogP contribution is 2.38. The Labute approximate surface area is 118 Å². The first kappa shape index (κ1) is 17.5. The molecule has 0 aliphatic carbocycles. The number of hydrogen-bond donors (Lipinski definition) is 0. The number of Topliss-reactive ketones (excluding diaryl/α,β-unsaturated/α-hetero) is 1. The normalized spacial score (nSPS) is 12.8. The van der Waals surface area contributed by atoms with Gasteiger partial charge in [-0.2, -0.15) is 26.3 Å². The zero-order chi connectivity index (χ0) is 16.4. The zero-order valence-electron chi connectivity index (χ0n) is 11.4. The summed E-state index contributed by atoms with van der Waals surface area (Å²) in [6, 6.07) is 1.12. The summed E-state index contributed by atoms with van der Waals surface area (Å²) in [5, 5.41) is 0. The van der Waals surface area contributed by atoms with Crippen LogP contribution in [0.15, 0.2) is 18.2 Å². The van der Waals surface area contributed by atoms with Gasteiger partial charge in [0.1, 0.15) is 0 Å². The summed E-state index contributed by atoms with van der Waals surface area (Å²) in [6.45, 7) is 3.28. The molecule has 0 atom stereocenters. The maximum Gasteiger partial charge on any atom is 0.417 e. The number of benzene rings is 1. The van der Waals surface area contributed by atoms with Gasteiger partial charge in [0.2, 0.25) is 0 Å². The molecule has 0 aliphatic rings. The molecule has 0 radical (unpaired) electrons. The first-order valence-corrected chi connectivity index (χ1v) is 6.35. The van der Waals surface area contributed by atoms with E-state index in [0.29, 0.717) is 25.0 Å². The summed E-state index contributed by atoms with van der Waals surface area (Å²) >= 11 is 0. The predicted molar refractivity (Wildman–Crippen MR) is 64.8 cm³/mol. The molecule has 1 aromatic rings. The van der Waals surface area contributed by atoms with E-state index in [0.717, 1.165) is 0 Å². The summed E-state index contributed by atoms with van der Waals surface area (Å²) in [6.07, 6.45) is -9.25. The van der Waals surface area contributed by atoms with Crippen LogP contribution >= 0.6 is 0 Å². The molecule has 118 valence electrons. The van der Waals surface area contributed by atoms with Crippen molar-refractivity contribution in [1.29, 1.82) is 0 Å². The van der Waals surface area contributed by atoms with E-state index in [1.54, 1.807) is 13.8 Å². The van der Waals surface area contributed by atoms with Crippen LogP contribution in [-0.2, 0) is 12.4 Å². The molecule has 0 saturated heterocycles. The second-order valence-corrected chi connectivity index (χ2v) is 4.63. The van der Waals surface area contributed by atoms with Gasteiger partial charge in [0.15, 0.2) is 5.78 Å². The number of hydrogen-bond acceptors (Lipinski definition) is 1. The fraction of sp³-hybridized carbons (Fsp3) is 0.500. The molecule has 0 spiro atoms. The van der Waals surface area contributed by atoms with E-state index >= 15 is 0 Å². The third kappa shape index (κ3) is 3.98. The first-order valence-electron chi connectivity index (χ1n) is 6.35. The number of alkyl halides is 6. The van der Waals surface area contributed by atoms with Crippen LogP contribution in [0.4, 0.5) is 26.3 Å². The van der Waals surface area contributed by atoms with Crippen molar-refractivity contribution in [3.05, 3.63) is 34.9 Å². The van der Waals surface area contributed by atoms with E-state index in [2.05, 4.69) is 0 Å². The van der Waals surface area contributed by atoms with Gasteiger partial charge in [-0.1, -0.05) is 19.9 Å². The Morgan fingerprint density at radius 1 is 1.00 bits per heavy atom. The minimum atomic E-state index is -5.02. The van der Waals surface area contributed by atoms with E-state index in [9.17, 15) is 31.1 Å². The van der Waals surface area contributed by atoms with Crippen LogP contribution in [0.1, 0.15) is 48.2 Å². The van der Waals surface area contributed by atoms with Gasteiger partial charge in [-0.25, -0.2) is 0 Å². The van der Waals surface area contributed by atoms with E-state index in [1.165, 1.54) is 0 Å².